The molecule has 0 saturated carbocycles. The Morgan fingerprint density at radius 3 is 2.53 bits per heavy atom. The summed E-state index contributed by atoms with van der Waals surface area (Å²) >= 11 is 0. The van der Waals surface area contributed by atoms with E-state index in [-0.39, 0.29) is 0 Å². The van der Waals surface area contributed by atoms with Gasteiger partial charge in [0.15, 0.2) is 5.82 Å². The third-order valence-corrected chi connectivity index (χ3v) is 2.50. The van der Waals surface area contributed by atoms with Gasteiger partial charge in [-0.1, -0.05) is 13.8 Å². The summed E-state index contributed by atoms with van der Waals surface area (Å²) in [5.41, 5.74) is -0.391. The topological polar surface area (TPSA) is 43.6 Å². The van der Waals surface area contributed by atoms with E-state index in [1.165, 1.54) is 6.07 Å². The van der Waals surface area contributed by atoms with E-state index in [0.717, 1.165) is 12.3 Å². The number of rotatable bonds is 3. The minimum atomic E-state index is -4.38. The van der Waals surface area contributed by atoms with E-state index >= 15 is 0 Å². The van der Waals surface area contributed by atoms with Crippen molar-refractivity contribution < 1.29 is 13.2 Å². The zero-order valence-corrected chi connectivity index (χ0v) is 10.5. The van der Waals surface area contributed by atoms with E-state index in [0.29, 0.717) is 24.0 Å². The van der Waals surface area contributed by atoms with Gasteiger partial charge in [0, 0.05) is 12.7 Å². The minimum absolute atomic E-state index is 0.379. The molecule has 2 aromatic heterocycles. The number of nitrogens with zero attached hydrogens (tertiary/aromatic N) is 4. The Kier molecular flexibility index (Phi) is 3.55. The lowest BCUT2D eigenvalue weighted by Gasteiger charge is -2.09. The summed E-state index contributed by atoms with van der Waals surface area (Å²) in [7, 11) is 0. The molecule has 0 unspecified atom stereocenters. The fourth-order valence-corrected chi connectivity index (χ4v) is 1.67. The molecule has 0 bridgehead atoms. The lowest BCUT2D eigenvalue weighted by molar-refractivity contribution is -0.137. The number of hydrogen-bond donors (Lipinski definition) is 0. The van der Waals surface area contributed by atoms with E-state index in [9.17, 15) is 13.2 Å². The molecular formula is C12H13F3N4. The molecule has 0 atom stereocenters. The molecule has 7 heteroatoms. The molecule has 0 radical (unpaired) electrons. The van der Waals surface area contributed by atoms with Gasteiger partial charge in [0.05, 0.1) is 5.56 Å². The number of halogens is 3. The SMILES string of the molecule is CC(C)Cn1cnnc1-c1ccc(C(F)(F)F)cn1. The van der Waals surface area contributed by atoms with Gasteiger partial charge in [-0.2, -0.15) is 13.2 Å². The van der Waals surface area contributed by atoms with Crippen LogP contribution in [0, 0.1) is 5.92 Å². The van der Waals surface area contributed by atoms with E-state index in [4.69, 9.17) is 0 Å². The maximum absolute atomic E-state index is 12.4. The predicted octanol–water partition coefficient (Wildman–Crippen LogP) is 3.01. The lowest BCUT2D eigenvalue weighted by Crippen LogP contribution is -2.08. The van der Waals surface area contributed by atoms with Crippen molar-refractivity contribution in [2.45, 2.75) is 26.6 Å². The zero-order valence-electron chi connectivity index (χ0n) is 10.5. The summed E-state index contributed by atoms with van der Waals surface area (Å²) in [6, 6.07) is 2.31. The van der Waals surface area contributed by atoms with E-state index < -0.39 is 11.7 Å². The molecule has 0 N–H and O–H groups in total. The average Bonchev–Trinajstić information content (AvgIpc) is 2.75. The van der Waals surface area contributed by atoms with E-state index in [1.807, 2.05) is 13.8 Å². The van der Waals surface area contributed by atoms with Gasteiger partial charge in [-0.25, -0.2) is 0 Å². The lowest BCUT2D eigenvalue weighted by atomic mass is 10.2. The van der Waals surface area contributed by atoms with Crippen LogP contribution in [0.3, 0.4) is 0 Å². The summed E-state index contributed by atoms with van der Waals surface area (Å²) in [6.45, 7) is 4.75. The first-order chi connectivity index (χ1) is 8.88. The van der Waals surface area contributed by atoms with Gasteiger partial charge in [0.1, 0.15) is 12.0 Å². The first kappa shape index (κ1) is 13.5. The molecule has 102 valence electrons. The predicted molar refractivity (Wildman–Crippen MR) is 63.1 cm³/mol. The van der Waals surface area contributed by atoms with Gasteiger partial charge in [0.2, 0.25) is 0 Å². The molecule has 4 nitrogen and oxygen atoms in total. The van der Waals surface area contributed by atoms with Crippen molar-refractivity contribution in [3.63, 3.8) is 0 Å². The summed E-state index contributed by atoms with van der Waals surface area (Å²) in [5, 5.41) is 7.67. The van der Waals surface area contributed by atoms with Crippen molar-refractivity contribution in [2.75, 3.05) is 0 Å². The Bertz CT molecular complexity index is 543. The maximum atomic E-state index is 12.4. The Labute approximate surface area is 108 Å². The highest BCUT2D eigenvalue weighted by molar-refractivity contribution is 5.49. The second-order valence-electron chi connectivity index (χ2n) is 4.63. The van der Waals surface area contributed by atoms with Gasteiger partial charge in [-0.3, -0.25) is 4.98 Å². The van der Waals surface area contributed by atoms with Gasteiger partial charge in [0.25, 0.3) is 0 Å². The summed E-state index contributed by atoms with van der Waals surface area (Å²) in [5.74, 6) is 0.853. The monoisotopic (exact) mass is 270 g/mol. The van der Waals surface area contributed by atoms with Crippen LogP contribution < -0.4 is 0 Å². The third kappa shape index (κ3) is 3.10. The second kappa shape index (κ2) is 4.99. The van der Waals surface area contributed by atoms with Gasteiger partial charge in [-0.05, 0) is 18.1 Å². The number of hydrogen-bond acceptors (Lipinski definition) is 3. The molecule has 2 rings (SSSR count). The number of aromatic nitrogens is 4. The molecule has 0 saturated heterocycles. The van der Waals surface area contributed by atoms with Crippen molar-refractivity contribution in [3.8, 4) is 11.5 Å². The fraction of sp³-hybridized carbons (Fsp3) is 0.417. The molecule has 2 aromatic rings. The van der Waals surface area contributed by atoms with Crippen molar-refractivity contribution in [1.82, 2.24) is 19.7 Å². The molecule has 0 aliphatic rings. The number of pyridine rings is 1. The van der Waals surface area contributed by atoms with Crippen LogP contribution in [0.2, 0.25) is 0 Å². The van der Waals surface area contributed by atoms with Gasteiger partial charge in [-0.15, -0.1) is 10.2 Å². The van der Waals surface area contributed by atoms with Crippen LogP contribution in [0.15, 0.2) is 24.7 Å². The fourth-order valence-electron chi connectivity index (χ4n) is 1.67. The standard InChI is InChI=1S/C12H13F3N4/c1-8(2)6-19-7-17-18-11(19)10-4-3-9(5-16-10)12(13,14)15/h3-5,7-8H,6H2,1-2H3. The molecule has 2 heterocycles. The molecule has 0 aliphatic heterocycles. The summed E-state index contributed by atoms with van der Waals surface area (Å²) < 4.78 is 39.1. The molecule has 19 heavy (non-hydrogen) atoms. The minimum Gasteiger partial charge on any atom is -0.312 e. The van der Waals surface area contributed by atoms with Crippen LogP contribution in [0.5, 0.6) is 0 Å². The van der Waals surface area contributed by atoms with Crippen LogP contribution >= 0.6 is 0 Å². The zero-order chi connectivity index (χ0) is 14.0. The summed E-state index contributed by atoms with van der Waals surface area (Å²) in [4.78, 5) is 3.81. The largest absolute Gasteiger partial charge is 0.417 e. The first-order valence-corrected chi connectivity index (χ1v) is 5.79. The highest BCUT2D eigenvalue weighted by atomic mass is 19.4. The molecule has 0 fully saturated rings. The average molecular weight is 270 g/mol. The Morgan fingerprint density at radius 2 is 2.00 bits per heavy atom. The second-order valence-corrected chi connectivity index (χ2v) is 4.63. The van der Waals surface area contributed by atoms with Crippen molar-refractivity contribution in [3.05, 3.63) is 30.2 Å². The Hall–Kier alpha value is -1.92. The van der Waals surface area contributed by atoms with Crippen molar-refractivity contribution in [2.24, 2.45) is 5.92 Å². The third-order valence-electron chi connectivity index (χ3n) is 2.50. The molecule has 0 spiro atoms. The number of alkyl halides is 3. The van der Waals surface area contributed by atoms with E-state index in [2.05, 4.69) is 15.2 Å². The van der Waals surface area contributed by atoms with Crippen LogP contribution in [-0.2, 0) is 12.7 Å². The normalized spacial score (nSPS) is 12.1. The Balaban J connectivity index is 2.30. The van der Waals surface area contributed by atoms with Crippen molar-refractivity contribution in [1.29, 1.82) is 0 Å². The highest BCUT2D eigenvalue weighted by Crippen LogP contribution is 2.29. The van der Waals surface area contributed by atoms with Crippen LogP contribution in [0.4, 0.5) is 13.2 Å². The quantitative estimate of drug-likeness (QED) is 0.861. The molecule has 0 aromatic carbocycles. The van der Waals surface area contributed by atoms with Crippen LogP contribution in [0.1, 0.15) is 19.4 Å². The summed E-state index contributed by atoms with van der Waals surface area (Å²) in [6.07, 6.45) is -2.02. The van der Waals surface area contributed by atoms with Crippen LogP contribution in [-0.4, -0.2) is 19.7 Å². The first-order valence-electron chi connectivity index (χ1n) is 5.79. The van der Waals surface area contributed by atoms with Gasteiger partial charge >= 0.3 is 6.18 Å². The highest BCUT2D eigenvalue weighted by Gasteiger charge is 2.30. The molecule has 0 aliphatic carbocycles. The molecule has 0 amide bonds. The van der Waals surface area contributed by atoms with Crippen molar-refractivity contribution >= 4 is 0 Å². The van der Waals surface area contributed by atoms with Crippen LogP contribution in [0.25, 0.3) is 11.5 Å². The Morgan fingerprint density at radius 1 is 1.26 bits per heavy atom. The maximum Gasteiger partial charge on any atom is 0.417 e. The van der Waals surface area contributed by atoms with Gasteiger partial charge < -0.3 is 4.57 Å². The van der Waals surface area contributed by atoms with E-state index in [1.54, 1.807) is 10.9 Å². The smallest absolute Gasteiger partial charge is 0.312 e. The molecular weight excluding hydrogens is 257 g/mol.